The Hall–Kier alpha value is -2.19. The summed E-state index contributed by atoms with van der Waals surface area (Å²) in [5.74, 6) is 2.47. The Kier molecular flexibility index (Phi) is 5.27. The van der Waals surface area contributed by atoms with Gasteiger partial charge >= 0.3 is 0 Å². The summed E-state index contributed by atoms with van der Waals surface area (Å²) in [7, 11) is 2.01. The van der Waals surface area contributed by atoms with Gasteiger partial charge in [-0.05, 0) is 53.9 Å². The Morgan fingerprint density at radius 1 is 1.30 bits per heavy atom. The van der Waals surface area contributed by atoms with E-state index in [0.717, 1.165) is 52.5 Å². The molecule has 3 aromatic rings. The maximum atomic E-state index is 6.12. The number of rotatable bonds is 6. The van der Waals surface area contributed by atoms with E-state index in [0.29, 0.717) is 13.2 Å². The largest absolute Gasteiger partial charge is 0.489 e. The van der Waals surface area contributed by atoms with Gasteiger partial charge in [0.25, 0.3) is 0 Å². The summed E-state index contributed by atoms with van der Waals surface area (Å²) in [5.41, 5.74) is 1.83. The topological polar surface area (TPSA) is 64.8 Å². The summed E-state index contributed by atoms with van der Waals surface area (Å²) < 4.78 is 14.5. The number of halogens is 1. The number of nitrogens with zero attached hydrogens (tertiary/aromatic N) is 5. The lowest BCUT2D eigenvalue weighted by molar-refractivity contribution is 0.0673. The van der Waals surface area contributed by atoms with Crippen LogP contribution < -0.4 is 9.64 Å². The number of anilines is 1. The van der Waals surface area contributed by atoms with Gasteiger partial charge in [-0.15, -0.1) is 15.3 Å². The van der Waals surface area contributed by atoms with Crippen LogP contribution >= 0.6 is 15.9 Å². The summed E-state index contributed by atoms with van der Waals surface area (Å²) in [5, 5.41) is 12.8. The lowest BCUT2D eigenvalue weighted by atomic mass is 10.2. The highest BCUT2D eigenvalue weighted by molar-refractivity contribution is 9.10. The molecule has 1 unspecified atom stereocenters. The molecule has 0 saturated carbocycles. The molecule has 1 aromatic carbocycles. The van der Waals surface area contributed by atoms with Crippen LogP contribution in [0.15, 0.2) is 34.8 Å². The van der Waals surface area contributed by atoms with Crippen LogP contribution in [-0.4, -0.2) is 46.2 Å². The molecule has 142 valence electrons. The van der Waals surface area contributed by atoms with E-state index in [9.17, 15) is 0 Å². The van der Waals surface area contributed by atoms with Crippen LogP contribution in [0.2, 0.25) is 0 Å². The summed E-state index contributed by atoms with van der Waals surface area (Å²) >= 11 is 3.62. The van der Waals surface area contributed by atoms with Crippen LogP contribution in [0, 0.1) is 6.92 Å². The molecular weight excluding hydrogens is 410 g/mol. The average Bonchev–Trinajstić information content (AvgIpc) is 3.31. The van der Waals surface area contributed by atoms with Crippen LogP contribution in [0.25, 0.3) is 5.65 Å². The lowest BCUT2D eigenvalue weighted by Crippen LogP contribution is -2.21. The number of para-hydroxylation sites is 1. The first-order chi connectivity index (χ1) is 13.1. The van der Waals surface area contributed by atoms with E-state index in [2.05, 4.69) is 42.2 Å². The number of hydrogen-bond donors (Lipinski definition) is 0. The zero-order valence-corrected chi connectivity index (χ0v) is 17.0. The molecule has 8 heteroatoms. The van der Waals surface area contributed by atoms with Crippen molar-refractivity contribution in [2.24, 2.45) is 0 Å². The van der Waals surface area contributed by atoms with Gasteiger partial charge in [0.1, 0.15) is 18.2 Å². The van der Waals surface area contributed by atoms with Gasteiger partial charge < -0.3 is 14.4 Å². The maximum Gasteiger partial charge on any atom is 0.178 e. The van der Waals surface area contributed by atoms with E-state index in [-0.39, 0.29) is 6.10 Å². The number of fused-ring (bicyclic) bond motifs is 1. The summed E-state index contributed by atoms with van der Waals surface area (Å²) in [6.07, 6.45) is 2.35. The van der Waals surface area contributed by atoms with Crippen molar-refractivity contribution in [3.63, 3.8) is 0 Å². The molecule has 1 aliphatic heterocycles. The van der Waals surface area contributed by atoms with Crippen LogP contribution in [0.3, 0.4) is 0 Å². The zero-order valence-electron chi connectivity index (χ0n) is 15.4. The van der Waals surface area contributed by atoms with Gasteiger partial charge in [-0.25, -0.2) is 0 Å². The van der Waals surface area contributed by atoms with Gasteiger partial charge in [-0.3, -0.25) is 0 Å². The van der Waals surface area contributed by atoms with Gasteiger partial charge in [-0.1, -0.05) is 12.1 Å². The normalized spacial score (nSPS) is 16.8. The van der Waals surface area contributed by atoms with Gasteiger partial charge in [0.05, 0.1) is 10.6 Å². The zero-order chi connectivity index (χ0) is 18.8. The molecule has 4 rings (SSSR count). The number of hydrogen-bond acceptors (Lipinski definition) is 6. The number of benzene rings is 1. The first-order valence-electron chi connectivity index (χ1n) is 9.04. The average molecular weight is 432 g/mol. The second-order valence-corrected chi connectivity index (χ2v) is 7.59. The van der Waals surface area contributed by atoms with Gasteiger partial charge in [-0.2, -0.15) is 4.52 Å². The second-order valence-electron chi connectivity index (χ2n) is 6.74. The third-order valence-electron chi connectivity index (χ3n) is 4.69. The van der Waals surface area contributed by atoms with E-state index < -0.39 is 0 Å². The highest BCUT2D eigenvalue weighted by Gasteiger charge is 2.18. The Morgan fingerprint density at radius 3 is 3.00 bits per heavy atom. The lowest BCUT2D eigenvalue weighted by Gasteiger charge is -2.21. The molecule has 0 amide bonds. The number of aryl methyl sites for hydroxylation is 1. The Labute approximate surface area is 166 Å². The smallest absolute Gasteiger partial charge is 0.178 e. The van der Waals surface area contributed by atoms with Crippen LogP contribution in [0.5, 0.6) is 5.75 Å². The van der Waals surface area contributed by atoms with Crippen molar-refractivity contribution in [3.05, 3.63) is 46.2 Å². The molecule has 0 N–H and O–H groups in total. The standard InChI is InChI=1S/C19H22BrN5O2/c1-13-21-22-17-8-9-18(23-25(13)17)24(2)11-14-5-3-7-16(20)19(14)27-12-15-6-4-10-26-15/h3,5,7-9,15H,4,6,10-12H2,1-2H3. The molecule has 7 nitrogen and oxygen atoms in total. The van der Waals surface area contributed by atoms with Crippen molar-refractivity contribution in [2.75, 3.05) is 25.2 Å². The minimum atomic E-state index is 0.184. The molecule has 0 aliphatic carbocycles. The van der Waals surface area contributed by atoms with Crippen molar-refractivity contribution in [3.8, 4) is 5.75 Å². The van der Waals surface area contributed by atoms with E-state index in [4.69, 9.17) is 9.47 Å². The first kappa shape index (κ1) is 18.2. The molecule has 1 aliphatic rings. The quantitative estimate of drug-likeness (QED) is 0.595. The minimum Gasteiger partial charge on any atom is -0.489 e. The molecule has 1 atom stereocenters. The monoisotopic (exact) mass is 431 g/mol. The molecule has 3 heterocycles. The molecule has 27 heavy (non-hydrogen) atoms. The first-order valence-corrected chi connectivity index (χ1v) is 9.83. The van der Waals surface area contributed by atoms with E-state index in [1.807, 2.05) is 38.2 Å². The Morgan fingerprint density at radius 2 is 2.19 bits per heavy atom. The van der Waals surface area contributed by atoms with Gasteiger partial charge in [0.15, 0.2) is 11.5 Å². The van der Waals surface area contributed by atoms with Crippen LogP contribution in [0.4, 0.5) is 5.82 Å². The number of ether oxygens (including phenoxy) is 2. The highest BCUT2D eigenvalue weighted by Crippen LogP contribution is 2.31. The summed E-state index contributed by atoms with van der Waals surface area (Å²) in [4.78, 5) is 2.08. The number of aromatic nitrogens is 4. The van der Waals surface area contributed by atoms with Crippen LogP contribution in [-0.2, 0) is 11.3 Å². The molecule has 2 aromatic heterocycles. The van der Waals surface area contributed by atoms with E-state index in [1.165, 1.54) is 0 Å². The molecule has 1 saturated heterocycles. The van der Waals surface area contributed by atoms with Crippen molar-refractivity contribution in [2.45, 2.75) is 32.4 Å². The van der Waals surface area contributed by atoms with E-state index in [1.54, 1.807) is 4.52 Å². The maximum absolute atomic E-state index is 6.12. The minimum absolute atomic E-state index is 0.184. The Bertz CT molecular complexity index is 939. The fourth-order valence-corrected chi connectivity index (χ4v) is 3.74. The van der Waals surface area contributed by atoms with Crippen molar-refractivity contribution in [1.82, 2.24) is 19.8 Å². The summed E-state index contributed by atoms with van der Waals surface area (Å²) in [6.45, 7) is 3.96. The van der Waals surface area contributed by atoms with Gasteiger partial charge in [0, 0.05) is 25.8 Å². The molecule has 0 radical (unpaired) electrons. The molecule has 1 fully saturated rings. The summed E-state index contributed by atoms with van der Waals surface area (Å²) in [6, 6.07) is 9.98. The van der Waals surface area contributed by atoms with Crippen LogP contribution in [0.1, 0.15) is 24.2 Å². The van der Waals surface area contributed by atoms with Crippen molar-refractivity contribution < 1.29 is 9.47 Å². The van der Waals surface area contributed by atoms with Crippen molar-refractivity contribution in [1.29, 1.82) is 0 Å². The molecule has 0 bridgehead atoms. The predicted octanol–water partition coefficient (Wildman–Crippen LogP) is 3.39. The van der Waals surface area contributed by atoms with Crippen molar-refractivity contribution >= 4 is 27.4 Å². The SMILES string of the molecule is Cc1nnc2ccc(N(C)Cc3cccc(Br)c3OCC3CCCO3)nn12. The molecular formula is C19H22BrN5O2. The third kappa shape index (κ3) is 3.91. The highest BCUT2D eigenvalue weighted by atomic mass is 79.9. The second kappa shape index (κ2) is 7.82. The fourth-order valence-electron chi connectivity index (χ4n) is 3.22. The third-order valence-corrected chi connectivity index (χ3v) is 5.31. The Balaban J connectivity index is 1.53. The van der Waals surface area contributed by atoms with E-state index >= 15 is 0 Å². The molecule has 0 spiro atoms. The van der Waals surface area contributed by atoms with Gasteiger partial charge in [0.2, 0.25) is 0 Å². The fraction of sp³-hybridized carbons (Fsp3) is 0.421. The predicted molar refractivity (Wildman–Crippen MR) is 106 cm³/mol.